The van der Waals surface area contributed by atoms with Crippen molar-refractivity contribution in [2.24, 2.45) is 0 Å². The molecule has 82 valence electrons. The predicted octanol–water partition coefficient (Wildman–Crippen LogP) is 2.44. The highest BCUT2D eigenvalue weighted by molar-refractivity contribution is 5.17. The molecule has 2 heteroatoms. The van der Waals surface area contributed by atoms with Crippen molar-refractivity contribution in [1.82, 2.24) is 0 Å². The fraction of sp³-hybridized carbons (Fsp3) is 0.385. The van der Waals surface area contributed by atoms with Crippen molar-refractivity contribution >= 4 is 0 Å². The van der Waals surface area contributed by atoms with Crippen molar-refractivity contribution in [3.05, 3.63) is 48.0 Å². The second kappa shape index (κ2) is 5.69. The van der Waals surface area contributed by atoms with Crippen LogP contribution in [0.4, 0.5) is 0 Å². The lowest BCUT2D eigenvalue weighted by atomic mass is 10.0. The monoisotopic (exact) mass is 206 g/mol. The van der Waals surface area contributed by atoms with Crippen molar-refractivity contribution in [2.45, 2.75) is 32.0 Å². The number of hydrogen-bond donors (Lipinski definition) is 2. The molecule has 0 aliphatic rings. The Hall–Kier alpha value is -1.12. The minimum absolute atomic E-state index is 0.358. The molecular formula is C13H18O2. The lowest BCUT2D eigenvalue weighted by Crippen LogP contribution is -2.12. The molecule has 0 radical (unpaired) electrons. The van der Waals surface area contributed by atoms with Crippen molar-refractivity contribution < 1.29 is 10.2 Å². The zero-order valence-electron chi connectivity index (χ0n) is 9.06. The number of hydrogen-bond acceptors (Lipinski definition) is 2. The summed E-state index contributed by atoms with van der Waals surface area (Å²) in [5.74, 6) is 0. The summed E-state index contributed by atoms with van der Waals surface area (Å²) in [5, 5.41) is 19.4. The normalized spacial score (nSPS) is 14.6. The molecule has 0 heterocycles. The quantitative estimate of drug-likeness (QED) is 0.726. The molecule has 0 amide bonds. The minimum Gasteiger partial charge on any atom is -0.393 e. The fourth-order valence-corrected chi connectivity index (χ4v) is 1.55. The van der Waals surface area contributed by atoms with Crippen molar-refractivity contribution in [2.75, 3.05) is 0 Å². The van der Waals surface area contributed by atoms with Gasteiger partial charge in [-0.1, -0.05) is 35.9 Å². The van der Waals surface area contributed by atoms with E-state index in [2.05, 4.69) is 6.58 Å². The van der Waals surface area contributed by atoms with E-state index in [-0.39, 0.29) is 0 Å². The Morgan fingerprint density at radius 2 is 1.87 bits per heavy atom. The maximum Gasteiger partial charge on any atom is 0.0814 e. The van der Waals surface area contributed by atoms with Gasteiger partial charge in [0.1, 0.15) is 0 Å². The molecule has 0 spiro atoms. The summed E-state index contributed by atoms with van der Waals surface area (Å²) in [6, 6.07) is 9.38. The summed E-state index contributed by atoms with van der Waals surface area (Å²) in [6.45, 7) is 5.61. The van der Waals surface area contributed by atoms with Crippen LogP contribution in [0.15, 0.2) is 42.5 Å². The van der Waals surface area contributed by atoms with Crippen LogP contribution < -0.4 is 0 Å². The molecule has 15 heavy (non-hydrogen) atoms. The predicted molar refractivity (Wildman–Crippen MR) is 61.5 cm³/mol. The highest BCUT2D eigenvalue weighted by Crippen LogP contribution is 2.20. The second-order valence-electron chi connectivity index (χ2n) is 3.98. The molecule has 0 aliphatic heterocycles. The molecule has 1 rings (SSSR count). The van der Waals surface area contributed by atoms with Crippen molar-refractivity contribution in [1.29, 1.82) is 0 Å². The van der Waals surface area contributed by atoms with Crippen molar-refractivity contribution in [3.63, 3.8) is 0 Å². The van der Waals surface area contributed by atoms with Crippen LogP contribution in [0.3, 0.4) is 0 Å². The first kappa shape index (κ1) is 12.0. The summed E-state index contributed by atoms with van der Waals surface area (Å²) in [5.41, 5.74) is 1.78. The number of rotatable bonds is 5. The van der Waals surface area contributed by atoms with Gasteiger partial charge in [0.05, 0.1) is 12.2 Å². The number of aliphatic hydroxyl groups is 2. The Balaban J connectivity index is 2.49. The van der Waals surface area contributed by atoms with E-state index in [4.69, 9.17) is 0 Å². The molecule has 2 nitrogen and oxygen atoms in total. The van der Waals surface area contributed by atoms with E-state index in [1.54, 1.807) is 0 Å². The highest BCUT2D eigenvalue weighted by atomic mass is 16.3. The van der Waals surface area contributed by atoms with Crippen LogP contribution in [0, 0.1) is 0 Å². The zero-order valence-corrected chi connectivity index (χ0v) is 9.06. The molecule has 0 fully saturated rings. The minimum atomic E-state index is -0.597. The van der Waals surface area contributed by atoms with Gasteiger partial charge < -0.3 is 10.2 Å². The molecule has 0 aromatic heterocycles. The summed E-state index contributed by atoms with van der Waals surface area (Å²) >= 11 is 0. The smallest absolute Gasteiger partial charge is 0.0814 e. The molecule has 2 atom stereocenters. The van der Waals surface area contributed by atoms with Gasteiger partial charge in [0.15, 0.2) is 0 Å². The topological polar surface area (TPSA) is 40.5 Å². The zero-order chi connectivity index (χ0) is 11.3. The molecular weight excluding hydrogens is 188 g/mol. The first-order chi connectivity index (χ1) is 7.09. The van der Waals surface area contributed by atoms with E-state index in [0.29, 0.717) is 12.8 Å². The van der Waals surface area contributed by atoms with Gasteiger partial charge in [0, 0.05) is 6.42 Å². The number of aliphatic hydroxyl groups excluding tert-OH is 2. The van der Waals surface area contributed by atoms with Crippen LogP contribution in [-0.4, -0.2) is 16.3 Å². The number of benzene rings is 1. The third kappa shape index (κ3) is 4.28. The van der Waals surface area contributed by atoms with E-state index >= 15 is 0 Å². The van der Waals surface area contributed by atoms with E-state index < -0.39 is 12.2 Å². The van der Waals surface area contributed by atoms with Crippen LogP contribution in [0.5, 0.6) is 0 Å². The van der Waals surface area contributed by atoms with Gasteiger partial charge in [-0.15, -0.1) is 6.58 Å². The molecule has 0 saturated heterocycles. The Morgan fingerprint density at radius 1 is 1.27 bits per heavy atom. The Kier molecular flexibility index (Phi) is 4.53. The van der Waals surface area contributed by atoms with Gasteiger partial charge in [-0.3, -0.25) is 0 Å². The maximum atomic E-state index is 9.81. The van der Waals surface area contributed by atoms with E-state index in [0.717, 1.165) is 11.1 Å². The molecule has 1 aromatic rings. The van der Waals surface area contributed by atoms with E-state index in [1.165, 1.54) is 0 Å². The van der Waals surface area contributed by atoms with Crippen molar-refractivity contribution in [3.8, 4) is 0 Å². The van der Waals surface area contributed by atoms with Crippen LogP contribution in [-0.2, 0) is 0 Å². The Morgan fingerprint density at radius 3 is 2.40 bits per heavy atom. The molecule has 0 saturated carbocycles. The van der Waals surface area contributed by atoms with Gasteiger partial charge in [-0.2, -0.15) is 0 Å². The average Bonchev–Trinajstić information content (AvgIpc) is 2.17. The van der Waals surface area contributed by atoms with Crippen LogP contribution in [0.2, 0.25) is 0 Å². The summed E-state index contributed by atoms with van der Waals surface area (Å²) in [7, 11) is 0. The Bertz CT molecular complexity index is 306. The van der Waals surface area contributed by atoms with Gasteiger partial charge in [-0.25, -0.2) is 0 Å². The third-order valence-corrected chi connectivity index (χ3v) is 2.26. The fourth-order valence-electron chi connectivity index (χ4n) is 1.55. The first-order valence-corrected chi connectivity index (χ1v) is 5.15. The van der Waals surface area contributed by atoms with E-state index in [9.17, 15) is 10.2 Å². The molecule has 0 unspecified atom stereocenters. The summed E-state index contributed by atoms with van der Waals surface area (Å²) in [6.07, 6.45) is -0.209. The van der Waals surface area contributed by atoms with Gasteiger partial charge in [-0.05, 0) is 18.9 Å². The summed E-state index contributed by atoms with van der Waals surface area (Å²) < 4.78 is 0. The largest absolute Gasteiger partial charge is 0.393 e. The first-order valence-electron chi connectivity index (χ1n) is 5.15. The SMILES string of the molecule is C=C(C)C[C@H](O)C[C@@H](O)c1ccccc1. The lowest BCUT2D eigenvalue weighted by molar-refractivity contribution is 0.0808. The summed E-state index contributed by atoms with van der Waals surface area (Å²) in [4.78, 5) is 0. The lowest BCUT2D eigenvalue weighted by Gasteiger charge is -2.15. The molecule has 1 aromatic carbocycles. The highest BCUT2D eigenvalue weighted by Gasteiger charge is 2.13. The van der Waals surface area contributed by atoms with Crippen LogP contribution >= 0.6 is 0 Å². The average molecular weight is 206 g/mol. The van der Waals surface area contributed by atoms with Crippen LogP contribution in [0.25, 0.3) is 0 Å². The maximum absolute atomic E-state index is 9.81. The standard InChI is InChI=1S/C13H18O2/c1-10(2)8-12(14)9-13(15)11-6-4-3-5-7-11/h3-7,12-15H,1,8-9H2,2H3/t12-,13+/m0/s1. The molecule has 0 aliphatic carbocycles. The Labute approximate surface area is 90.9 Å². The van der Waals surface area contributed by atoms with E-state index in [1.807, 2.05) is 37.3 Å². The molecule has 2 N–H and O–H groups in total. The van der Waals surface area contributed by atoms with Gasteiger partial charge in [0.25, 0.3) is 0 Å². The second-order valence-corrected chi connectivity index (χ2v) is 3.98. The molecule has 0 bridgehead atoms. The van der Waals surface area contributed by atoms with Crippen LogP contribution in [0.1, 0.15) is 31.4 Å². The van der Waals surface area contributed by atoms with Gasteiger partial charge >= 0.3 is 0 Å². The van der Waals surface area contributed by atoms with Gasteiger partial charge in [0.2, 0.25) is 0 Å². The third-order valence-electron chi connectivity index (χ3n) is 2.26.